The molecule has 0 amide bonds. The molecule has 1 fully saturated rings. The topological polar surface area (TPSA) is 49.5 Å². The number of nitrogens with zero attached hydrogens (tertiary/aromatic N) is 1. The van der Waals surface area contributed by atoms with E-state index in [1.807, 2.05) is 0 Å². The number of thioether (sulfide) groups is 1. The van der Waals surface area contributed by atoms with E-state index in [9.17, 15) is 5.11 Å². The number of aliphatic hydroxyl groups is 1. The second-order valence-electron chi connectivity index (χ2n) is 4.05. The Labute approximate surface area is 101 Å². The molecular formula is C12H18N2OS. The van der Waals surface area contributed by atoms with Gasteiger partial charge in [-0.15, -0.1) is 11.8 Å². The Morgan fingerprint density at radius 1 is 1.56 bits per heavy atom. The molecule has 0 saturated carbocycles. The van der Waals surface area contributed by atoms with Crippen molar-refractivity contribution in [2.24, 2.45) is 5.73 Å². The Hall–Kier alpha value is -0.710. The van der Waals surface area contributed by atoms with Crippen LogP contribution in [0.4, 0.5) is 5.69 Å². The first-order chi connectivity index (χ1) is 7.76. The second kappa shape index (κ2) is 5.08. The van der Waals surface area contributed by atoms with Crippen LogP contribution in [-0.2, 0) is 6.54 Å². The van der Waals surface area contributed by atoms with Crippen molar-refractivity contribution in [3.63, 3.8) is 0 Å². The highest BCUT2D eigenvalue weighted by molar-refractivity contribution is 7.98. The third-order valence-corrected chi connectivity index (χ3v) is 3.86. The molecular weight excluding hydrogens is 220 g/mol. The lowest BCUT2D eigenvalue weighted by atomic mass is 10.1. The van der Waals surface area contributed by atoms with E-state index in [1.165, 1.54) is 16.1 Å². The molecule has 1 aliphatic heterocycles. The van der Waals surface area contributed by atoms with Gasteiger partial charge >= 0.3 is 0 Å². The quantitative estimate of drug-likeness (QED) is 0.782. The van der Waals surface area contributed by atoms with Crippen LogP contribution in [0.1, 0.15) is 12.0 Å². The van der Waals surface area contributed by atoms with Gasteiger partial charge in [0.1, 0.15) is 0 Å². The molecule has 1 unspecified atom stereocenters. The van der Waals surface area contributed by atoms with Gasteiger partial charge in [0.25, 0.3) is 0 Å². The van der Waals surface area contributed by atoms with Gasteiger partial charge < -0.3 is 15.7 Å². The van der Waals surface area contributed by atoms with Gasteiger partial charge in [-0.05, 0) is 24.8 Å². The first kappa shape index (κ1) is 11.8. The number of β-amino-alcohol motifs (C(OH)–C–C–N with tert-alkyl or cyclic N) is 1. The Balaban J connectivity index is 2.32. The third-order valence-electron chi connectivity index (χ3n) is 3.04. The van der Waals surface area contributed by atoms with Crippen molar-refractivity contribution in [3.8, 4) is 0 Å². The summed E-state index contributed by atoms with van der Waals surface area (Å²) < 4.78 is 0. The van der Waals surface area contributed by atoms with Gasteiger partial charge in [-0.25, -0.2) is 0 Å². The second-order valence-corrected chi connectivity index (χ2v) is 4.90. The minimum atomic E-state index is -0.191. The number of aliphatic hydroxyl groups excluding tert-OH is 1. The lowest BCUT2D eigenvalue weighted by Crippen LogP contribution is -2.23. The van der Waals surface area contributed by atoms with Crippen LogP contribution in [0, 0.1) is 0 Å². The zero-order valence-corrected chi connectivity index (χ0v) is 10.3. The van der Waals surface area contributed by atoms with E-state index in [0.29, 0.717) is 6.54 Å². The van der Waals surface area contributed by atoms with Crippen molar-refractivity contribution in [1.29, 1.82) is 0 Å². The first-order valence-corrected chi connectivity index (χ1v) is 6.77. The van der Waals surface area contributed by atoms with Crippen LogP contribution in [0.25, 0.3) is 0 Å². The maximum absolute atomic E-state index is 9.57. The average molecular weight is 238 g/mol. The first-order valence-electron chi connectivity index (χ1n) is 5.55. The summed E-state index contributed by atoms with van der Waals surface area (Å²) in [5.41, 5.74) is 8.21. The Morgan fingerprint density at radius 3 is 2.94 bits per heavy atom. The van der Waals surface area contributed by atoms with Crippen molar-refractivity contribution in [2.75, 3.05) is 24.2 Å². The predicted molar refractivity (Wildman–Crippen MR) is 69.0 cm³/mol. The molecule has 16 heavy (non-hydrogen) atoms. The third kappa shape index (κ3) is 2.19. The highest BCUT2D eigenvalue weighted by atomic mass is 32.2. The van der Waals surface area contributed by atoms with Crippen molar-refractivity contribution < 1.29 is 5.11 Å². The van der Waals surface area contributed by atoms with Crippen LogP contribution in [-0.4, -0.2) is 30.6 Å². The average Bonchev–Trinajstić information content (AvgIpc) is 2.74. The van der Waals surface area contributed by atoms with E-state index in [4.69, 9.17) is 5.73 Å². The summed E-state index contributed by atoms with van der Waals surface area (Å²) in [5.74, 6) is 0. The molecule has 0 bridgehead atoms. The molecule has 3 N–H and O–H groups in total. The summed E-state index contributed by atoms with van der Waals surface area (Å²) in [5, 5.41) is 9.57. The van der Waals surface area contributed by atoms with Crippen molar-refractivity contribution in [1.82, 2.24) is 0 Å². The summed E-state index contributed by atoms with van der Waals surface area (Å²) in [4.78, 5) is 3.47. The van der Waals surface area contributed by atoms with Crippen LogP contribution in [0.5, 0.6) is 0 Å². The van der Waals surface area contributed by atoms with E-state index in [0.717, 1.165) is 19.5 Å². The van der Waals surface area contributed by atoms with E-state index in [2.05, 4.69) is 29.4 Å². The summed E-state index contributed by atoms with van der Waals surface area (Å²) in [7, 11) is 0. The fourth-order valence-electron chi connectivity index (χ4n) is 2.21. The molecule has 4 heteroatoms. The molecule has 3 nitrogen and oxygen atoms in total. The molecule has 0 aliphatic carbocycles. The molecule has 1 aliphatic rings. The van der Waals surface area contributed by atoms with E-state index >= 15 is 0 Å². The standard InChI is InChI=1S/C12H18N2OS/c1-16-12-4-2-3-11(10(12)7-13)14-6-5-9(15)8-14/h2-4,9,15H,5-8,13H2,1H3. The fraction of sp³-hybridized carbons (Fsp3) is 0.500. The molecule has 2 rings (SSSR count). The van der Waals surface area contributed by atoms with Gasteiger partial charge in [-0.1, -0.05) is 6.07 Å². The van der Waals surface area contributed by atoms with Crippen molar-refractivity contribution >= 4 is 17.4 Å². The zero-order valence-electron chi connectivity index (χ0n) is 9.52. The largest absolute Gasteiger partial charge is 0.391 e. The molecule has 1 aromatic rings. The van der Waals surface area contributed by atoms with Gasteiger partial charge in [0.2, 0.25) is 0 Å². The summed E-state index contributed by atoms with van der Waals surface area (Å²) in [6.07, 6.45) is 2.73. The maximum atomic E-state index is 9.57. The maximum Gasteiger partial charge on any atom is 0.0731 e. The lowest BCUT2D eigenvalue weighted by molar-refractivity contribution is 0.198. The molecule has 0 spiro atoms. The molecule has 0 aromatic heterocycles. The van der Waals surface area contributed by atoms with Gasteiger partial charge in [-0.3, -0.25) is 0 Å². The van der Waals surface area contributed by atoms with Crippen molar-refractivity contribution in [3.05, 3.63) is 23.8 Å². The summed E-state index contributed by atoms with van der Waals surface area (Å²) >= 11 is 1.72. The molecule has 1 aromatic carbocycles. The van der Waals surface area contributed by atoms with Gasteiger partial charge in [0.15, 0.2) is 0 Å². The van der Waals surface area contributed by atoms with Gasteiger partial charge in [-0.2, -0.15) is 0 Å². The number of rotatable bonds is 3. The minimum absolute atomic E-state index is 0.191. The van der Waals surface area contributed by atoms with Crippen LogP contribution < -0.4 is 10.6 Å². The normalized spacial score (nSPS) is 20.4. The smallest absolute Gasteiger partial charge is 0.0731 e. The monoisotopic (exact) mass is 238 g/mol. The molecule has 0 radical (unpaired) electrons. The SMILES string of the molecule is CSc1cccc(N2CCC(O)C2)c1CN. The number of anilines is 1. The predicted octanol–water partition coefficient (Wildman–Crippen LogP) is 1.44. The van der Waals surface area contributed by atoms with Gasteiger partial charge in [0.05, 0.1) is 6.10 Å². The van der Waals surface area contributed by atoms with Crippen LogP contribution >= 0.6 is 11.8 Å². The Morgan fingerprint density at radius 2 is 2.38 bits per heavy atom. The van der Waals surface area contributed by atoms with Crippen LogP contribution in [0.3, 0.4) is 0 Å². The molecule has 88 valence electrons. The summed E-state index contributed by atoms with van der Waals surface area (Å²) in [6.45, 7) is 2.20. The minimum Gasteiger partial charge on any atom is -0.391 e. The number of nitrogens with two attached hydrogens (primary N) is 1. The lowest BCUT2D eigenvalue weighted by Gasteiger charge is -2.22. The van der Waals surface area contributed by atoms with Crippen LogP contribution in [0.15, 0.2) is 23.1 Å². The highest BCUT2D eigenvalue weighted by Crippen LogP contribution is 2.31. The van der Waals surface area contributed by atoms with E-state index < -0.39 is 0 Å². The fourth-order valence-corrected chi connectivity index (χ4v) is 2.86. The molecule has 1 heterocycles. The zero-order chi connectivity index (χ0) is 11.5. The number of hydrogen-bond acceptors (Lipinski definition) is 4. The van der Waals surface area contributed by atoms with Crippen molar-refractivity contribution in [2.45, 2.75) is 24.0 Å². The van der Waals surface area contributed by atoms with E-state index in [1.54, 1.807) is 11.8 Å². The number of benzene rings is 1. The van der Waals surface area contributed by atoms with Crippen LogP contribution in [0.2, 0.25) is 0 Å². The summed E-state index contributed by atoms with van der Waals surface area (Å²) in [6, 6.07) is 6.26. The van der Waals surface area contributed by atoms with Gasteiger partial charge in [0, 0.05) is 35.8 Å². The highest BCUT2D eigenvalue weighted by Gasteiger charge is 2.22. The Bertz CT molecular complexity index is 370. The number of hydrogen-bond donors (Lipinski definition) is 2. The molecule has 1 atom stereocenters. The van der Waals surface area contributed by atoms with E-state index in [-0.39, 0.29) is 6.10 Å². The Kier molecular flexibility index (Phi) is 3.74. The molecule has 1 saturated heterocycles.